The van der Waals surface area contributed by atoms with Gasteiger partial charge in [-0.1, -0.05) is 17.7 Å². The number of benzene rings is 2. The van der Waals surface area contributed by atoms with Crippen LogP contribution in [0.3, 0.4) is 0 Å². The zero-order valence-electron chi connectivity index (χ0n) is 14.0. The van der Waals surface area contributed by atoms with Gasteiger partial charge in [0.15, 0.2) is 11.5 Å². The Bertz CT molecular complexity index is 1120. The van der Waals surface area contributed by atoms with Crippen molar-refractivity contribution in [2.24, 2.45) is 0 Å². The normalized spacial score (nSPS) is 12.8. The van der Waals surface area contributed by atoms with E-state index in [2.05, 4.69) is 0 Å². The quantitative estimate of drug-likeness (QED) is 0.647. The predicted octanol–water partition coefficient (Wildman–Crippen LogP) is 2.61. The lowest BCUT2D eigenvalue weighted by atomic mass is 10.2. The first-order valence-electron chi connectivity index (χ1n) is 8.19. The fourth-order valence-electron chi connectivity index (χ4n) is 2.87. The summed E-state index contributed by atoms with van der Waals surface area (Å²) in [5, 5.41) is 0.193. The van der Waals surface area contributed by atoms with Crippen LogP contribution in [0.25, 0.3) is 5.69 Å². The Balaban J connectivity index is 1.73. The van der Waals surface area contributed by atoms with Crippen LogP contribution in [0.5, 0.6) is 11.5 Å². The highest BCUT2D eigenvalue weighted by Gasteiger charge is 2.15. The first kappa shape index (κ1) is 17.4. The van der Waals surface area contributed by atoms with E-state index in [1.54, 1.807) is 18.2 Å². The third kappa shape index (κ3) is 3.21. The maximum absolute atomic E-state index is 14.0. The summed E-state index contributed by atoms with van der Waals surface area (Å²) in [7, 11) is 0. The van der Waals surface area contributed by atoms with Gasteiger partial charge in [0.25, 0.3) is 0 Å². The minimum atomic E-state index is -0.785. The molecule has 0 saturated heterocycles. The highest BCUT2D eigenvalue weighted by atomic mass is 35.5. The summed E-state index contributed by atoms with van der Waals surface area (Å²) in [6.07, 6.45) is 2.87. The number of ether oxygens (including phenoxy) is 2. The molecule has 2 aromatic carbocycles. The Morgan fingerprint density at radius 3 is 2.56 bits per heavy atom. The van der Waals surface area contributed by atoms with Crippen LogP contribution in [0.2, 0.25) is 5.02 Å². The van der Waals surface area contributed by atoms with Crippen LogP contribution >= 0.6 is 11.6 Å². The third-order valence-electron chi connectivity index (χ3n) is 4.25. The van der Waals surface area contributed by atoms with Gasteiger partial charge in [-0.2, -0.15) is 0 Å². The van der Waals surface area contributed by atoms with E-state index in [0.29, 0.717) is 30.4 Å². The second-order valence-electron chi connectivity index (χ2n) is 5.93. The number of nitrogens with zero attached hydrogens (tertiary/aromatic N) is 2. The van der Waals surface area contributed by atoms with Gasteiger partial charge < -0.3 is 14.0 Å². The molecule has 0 fully saturated rings. The van der Waals surface area contributed by atoms with E-state index in [1.165, 1.54) is 35.2 Å². The third-order valence-corrected chi connectivity index (χ3v) is 4.61. The van der Waals surface area contributed by atoms with Crippen molar-refractivity contribution in [3.05, 3.63) is 85.9 Å². The minimum Gasteiger partial charge on any atom is -0.486 e. The van der Waals surface area contributed by atoms with E-state index >= 15 is 0 Å². The lowest BCUT2D eigenvalue weighted by Crippen LogP contribution is -2.40. The molecular formula is C19H14ClFN2O4. The molecule has 2 heterocycles. The molecule has 0 amide bonds. The van der Waals surface area contributed by atoms with Crippen molar-refractivity contribution < 1.29 is 13.9 Å². The number of aromatic nitrogens is 2. The zero-order valence-corrected chi connectivity index (χ0v) is 14.8. The number of rotatable bonds is 3. The van der Waals surface area contributed by atoms with Gasteiger partial charge in [0, 0.05) is 29.0 Å². The van der Waals surface area contributed by atoms with Crippen molar-refractivity contribution in [1.29, 1.82) is 0 Å². The molecule has 0 atom stereocenters. The molecule has 8 heteroatoms. The summed E-state index contributed by atoms with van der Waals surface area (Å²) in [5.74, 6) is 0.555. The summed E-state index contributed by atoms with van der Waals surface area (Å²) in [6.45, 7) is 0.735. The molecule has 0 bridgehead atoms. The molecule has 1 aromatic heterocycles. The van der Waals surface area contributed by atoms with Gasteiger partial charge in [-0.3, -0.25) is 14.2 Å². The lowest BCUT2D eigenvalue weighted by Gasteiger charge is -2.19. The highest BCUT2D eigenvalue weighted by Crippen LogP contribution is 2.31. The first-order chi connectivity index (χ1) is 13.0. The van der Waals surface area contributed by atoms with Crippen molar-refractivity contribution in [2.45, 2.75) is 6.54 Å². The van der Waals surface area contributed by atoms with Crippen molar-refractivity contribution in [3.8, 4) is 17.2 Å². The molecule has 1 aliphatic heterocycles. The second-order valence-corrected chi connectivity index (χ2v) is 6.34. The summed E-state index contributed by atoms with van der Waals surface area (Å²) in [6, 6.07) is 9.23. The molecule has 4 rings (SSSR count). The van der Waals surface area contributed by atoms with Crippen LogP contribution in [0.4, 0.5) is 4.39 Å². The van der Waals surface area contributed by atoms with Gasteiger partial charge in [0.05, 0.1) is 12.2 Å². The molecule has 0 unspecified atom stereocenters. The van der Waals surface area contributed by atoms with Crippen LogP contribution in [-0.4, -0.2) is 22.3 Å². The molecule has 0 radical (unpaired) electrons. The average Bonchev–Trinajstić information content (AvgIpc) is 2.68. The van der Waals surface area contributed by atoms with Gasteiger partial charge in [-0.25, -0.2) is 4.39 Å². The van der Waals surface area contributed by atoms with Crippen molar-refractivity contribution in [1.82, 2.24) is 9.13 Å². The number of halogens is 2. The van der Waals surface area contributed by atoms with Gasteiger partial charge in [0.1, 0.15) is 19.0 Å². The molecule has 0 N–H and O–H groups in total. The maximum Gasteiger partial charge on any atom is 0.320 e. The number of fused-ring (bicyclic) bond motifs is 1. The molecule has 3 aromatic rings. The monoisotopic (exact) mass is 388 g/mol. The van der Waals surface area contributed by atoms with E-state index in [9.17, 15) is 14.0 Å². The zero-order chi connectivity index (χ0) is 19.0. The van der Waals surface area contributed by atoms with Crippen molar-refractivity contribution >= 4 is 11.6 Å². The van der Waals surface area contributed by atoms with Crippen LogP contribution in [-0.2, 0) is 6.54 Å². The summed E-state index contributed by atoms with van der Waals surface area (Å²) in [4.78, 5) is 25.0. The smallest absolute Gasteiger partial charge is 0.320 e. The van der Waals surface area contributed by atoms with Crippen LogP contribution < -0.4 is 20.6 Å². The summed E-state index contributed by atoms with van der Waals surface area (Å²) in [5.41, 5.74) is -0.927. The van der Waals surface area contributed by atoms with Crippen molar-refractivity contribution in [2.75, 3.05) is 13.2 Å². The largest absolute Gasteiger partial charge is 0.486 e. The molecule has 0 aliphatic carbocycles. The number of hydrogen-bond donors (Lipinski definition) is 0. The number of hydrogen-bond acceptors (Lipinski definition) is 4. The van der Waals surface area contributed by atoms with Crippen molar-refractivity contribution in [3.63, 3.8) is 0 Å². The Morgan fingerprint density at radius 1 is 1.00 bits per heavy atom. The molecule has 1 aliphatic rings. The minimum absolute atomic E-state index is 0.137. The standard InChI is InChI=1S/C19H14ClFN2O4/c20-14-2-1-3-15(21)13(14)11-22-6-7-23(19(25)18(22)24)12-4-5-16-17(10-12)27-9-8-26-16/h1-7,10H,8-9,11H2. The van der Waals surface area contributed by atoms with E-state index in [-0.39, 0.29) is 17.1 Å². The predicted molar refractivity (Wildman–Crippen MR) is 97.8 cm³/mol. The topological polar surface area (TPSA) is 62.5 Å². The Kier molecular flexibility index (Phi) is 4.45. The van der Waals surface area contributed by atoms with Gasteiger partial charge >= 0.3 is 11.1 Å². The van der Waals surface area contributed by atoms with Gasteiger partial charge in [0.2, 0.25) is 0 Å². The van der Waals surface area contributed by atoms with Gasteiger partial charge in [-0.15, -0.1) is 0 Å². The molecule has 6 nitrogen and oxygen atoms in total. The molecule has 27 heavy (non-hydrogen) atoms. The SMILES string of the molecule is O=c1c(=O)n(-c2ccc3c(c2)OCCO3)ccn1Cc1c(F)cccc1Cl. The lowest BCUT2D eigenvalue weighted by molar-refractivity contribution is 0.171. The summed E-state index contributed by atoms with van der Waals surface area (Å²) >= 11 is 6.00. The Hall–Kier alpha value is -3.06. The molecular weight excluding hydrogens is 375 g/mol. The van der Waals surface area contributed by atoms with E-state index in [1.807, 2.05) is 0 Å². The van der Waals surface area contributed by atoms with E-state index in [4.69, 9.17) is 21.1 Å². The average molecular weight is 389 g/mol. The van der Waals surface area contributed by atoms with Crippen LogP contribution in [0, 0.1) is 5.82 Å². The van der Waals surface area contributed by atoms with Crippen LogP contribution in [0.15, 0.2) is 58.4 Å². The Labute approximate surface area is 158 Å². The van der Waals surface area contributed by atoms with Gasteiger partial charge in [-0.05, 0) is 24.3 Å². The molecule has 0 saturated carbocycles. The second kappa shape index (κ2) is 6.92. The first-order valence-corrected chi connectivity index (χ1v) is 8.57. The summed E-state index contributed by atoms with van der Waals surface area (Å²) < 4.78 is 27.3. The van der Waals surface area contributed by atoms with E-state index < -0.39 is 16.9 Å². The fourth-order valence-corrected chi connectivity index (χ4v) is 3.09. The fraction of sp³-hybridized carbons (Fsp3) is 0.158. The Morgan fingerprint density at radius 2 is 1.78 bits per heavy atom. The van der Waals surface area contributed by atoms with E-state index in [0.717, 1.165) is 4.57 Å². The molecule has 0 spiro atoms. The highest BCUT2D eigenvalue weighted by molar-refractivity contribution is 6.31. The van der Waals surface area contributed by atoms with Crippen LogP contribution in [0.1, 0.15) is 5.56 Å². The molecule has 138 valence electrons. The maximum atomic E-state index is 14.0.